The van der Waals surface area contributed by atoms with Gasteiger partial charge in [0.15, 0.2) is 0 Å². The van der Waals surface area contributed by atoms with Crippen LogP contribution < -0.4 is 10.6 Å². The largest absolute Gasteiger partial charge is 0.397 e. The lowest BCUT2D eigenvalue weighted by Crippen LogP contribution is -2.25. The van der Waals surface area contributed by atoms with E-state index >= 15 is 0 Å². The Labute approximate surface area is 128 Å². The van der Waals surface area contributed by atoms with Crippen molar-refractivity contribution in [1.29, 1.82) is 0 Å². The normalized spacial score (nSPS) is 10.7. The van der Waals surface area contributed by atoms with E-state index in [1.165, 1.54) is 22.3 Å². The van der Waals surface area contributed by atoms with Crippen molar-refractivity contribution in [1.82, 2.24) is 0 Å². The van der Waals surface area contributed by atoms with Gasteiger partial charge in [0.25, 0.3) is 0 Å². The highest BCUT2D eigenvalue weighted by atomic mass is 15.1. The Morgan fingerprint density at radius 1 is 1.00 bits per heavy atom. The lowest BCUT2D eigenvalue weighted by molar-refractivity contribution is 0.762. The monoisotopic (exact) mass is 282 g/mol. The number of nitrogens with two attached hydrogens (primary N) is 1. The lowest BCUT2D eigenvalue weighted by Gasteiger charge is -2.27. The van der Waals surface area contributed by atoms with Gasteiger partial charge >= 0.3 is 0 Å². The molecule has 2 heteroatoms. The summed E-state index contributed by atoms with van der Waals surface area (Å²) in [4.78, 5) is 2.39. The van der Waals surface area contributed by atoms with Gasteiger partial charge in [0.05, 0.1) is 11.4 Å². The number of anilines is 2. The molecule has 0 saturated carbocycles. The molecule has 0 atom stereocenters. The molecule has 0 aliphatic carbocycles. The molecule has 0 aliphatic heterocycles. The van der Waals surface area contributed by atoms with E-state index in [1.54, 1.807) is 0 Å². The Morgan fingerprint density at radius 2 is 1.62 bits per heavy atom. The number of aryl methyl sites for hydroxylation is 3. The van der Waals surface area contributed by atoms with E-state index in [9.17, 15) is 0 Å². The highest BCUT2D eigenvalue weighted by Crippen LogP contribution is 2.27. The van der Waals surface area contributed by atoms with Gasteiger partial charge < -0.3 is 10.6 Å². The summed E-state index contributed by atoms with van der Waals surface area (Å²) in [5, 5.41) is 0. The molecule has 0 aromatic heterocycles. The van der Waals surface area contributed by atoms with Crippen LogP contribution in [0, 0.1) is 20.8 Å². The van der Waals surface area contributed by atoms with Crippen molar-refractivity contribution in [3.63, 3.8) is 0 Å². The molecule has 2 nitrogen and oxygen atoms in total. The molecule has 2 N–H and O–H groups in total. The molecule has 21 heavy (non-hydrogen) atoms. The predicted molar refractivity (Wildman–Crippen MR) is 92.8 cm³/mol. The summed E-state index contributed by atoms with van der Waals surface area (Å²) in [6.45, 7) is 10.7. The van der Waals surface area contributed by atoms with Crippen molar-refractivity contribution in [3.8, 4) is 0 Å². The number of rotatable bonds is 5. The van der Waals surface area contributed by atoms with Gasteiger partial charge in [-0.2, -0.15) is 0 Å². The average molecular weight is 282 g/mol. The van der Waals surface area contributed by atoms with Gasteiger partial charge in [-0.15, -0.1) is 0 Å². The summed E-state index contributed by atoms with van der Waals surface area (Å²) in [5.41, 5.74) is 13.6. The fourth-order valence-corrected chi connectivity index (χ4v) is 2.98. The van der Waals surface area contributed by atoms with Crippen molar-refractivity contribution in [2.75, 3.05) is 17.2 Å². The summed E-state index contributed by atoms with van der Waals surface area (Å²) < 4.78 is 0. The minimum absolute atomic E-state index is 0.855. The van der Waals surface area contributed by atoms with E-state index in [2.05, 4.69) is 56.9 Å². The van der Waals surface area contributed by atoms with Gasteiger partial charge in [-0.05, 0) is 56.0 Å². The van der Waals surface area contributed by atoms with Gasteiger partial charge in [0.2, 0.25) is 0 Å². The second kappa shape index (κ2) is 6.66. The molecule has 0 fully saturated rings. The van der Waals surface area contributed by atoms with Crippen LogP contribution in [0.15, 0.2) is 36.4 Å². The summed E-state index contributed by atoms with van der Waals surface area (Å²) >= 11 is 0. The molecule has 0 bridgehead atoms. The number of hydrogen-bond acceptors (Lipinski definition) is 2. The quantitative estimate of drug-likeness (QED) is 0.811. The summed E-state index contributed by atoms with van der Waals surface area (Å²) in [6, 6.07) is 12.7. The third-order valence-corrected chi connectivity index (χ3v) is 3.96. The molecule has 2 rings (SSSR count). The molecular formula is C19H26N2. The van der Waals surface area contributed by atoms with Crippen LogP contribution in [0.5, 0.6) is 0 Å². The Hall–Kier alpha value is -1.96. The third-order valence-electron chi connectivity index (χ3n) is 3.96. The Kier molecular flexibility index (Phi) is 4.89. The van der Waals surface area contributed by atoms with Crippen LogP contribution >= 0.6 is 0 Å². The molecular weight excluding hydrogens is 256 g/mol. The summed E-state index contributed by atoms with van der Waals surface area (Å²) in [7, 11) is 0. The summed E-state index contributed by atoms with van der Waals surface area (Å²) in [5.74, 6) is 0. The zero-order valence-electron chi connectivity index (χ0n) is 13.6. The van der Waals surface area contributed by atoms with Crippen LogP contribution in [0.25, 0.3) is 0 Å². The summed E-state index contributed by atoms with van der Waals surface area (Å²) in [6.07, 6.45) is 1.11. The first kappa shape index (κ1) is 15.4. The standard InChI is InChI=1S/C19H26N2/c1-5-10-21(19-9-7-6-8-18(19)20)13-17-15(3)11-14(2)12-16(17)4/h6-9,11-12H,5,10,13,20H2,1-4H3. The van der Waals surface area contributed by atoms with Crippen LogP contribution in [-0.4, -0.2) is 6.54 Å². The van der Waals surface area contributed by atoms with E-state index in [4.69, 9.17) is 5.73 Å². The van der Waals surface area contributed by atoms with Crippen molar-refractivity contribution in [2.45, 2.75) is 40.7 Å². The van der Waals surface area contributed by atoms with E-state index in [0.717, 1.165) is 30.9 Å². The molecule has 0 radical (unpaired) electrons. The highest BCUT2D eigenvalue weighted by molar-refractivity contribution is 5.67. The minimum atomic E-state index is 0.855. The number of hydrogen-bond donors (Lipinski definition) is 1. The first-order valence-corrected chi connectivity index (χ1v) is 7.69. The number of benzene rings is 2. The number of para-hydroxylation sites is 2. The van der Waals surface area contributed by atoms with Crippen molar-refractivity contribution >= 4 is 11.4 Å². The van der Waals surface area contributed by atoms with Gasteiger partial charge in [-0.1, -0.05) is 36.8 Å². The maximum atomic E-state index is 6.16. The van der Waals surface area contributed by atoms with Gasteiger partial charge in [-0.25, -0.2) is 0 Å². The van der Waals surface area contributed by atoms with Crippen LogP contribution in [-0.2, 0) is 6.54 Å². The second-order valence-corrected chi connectivity index (χ2v) is 5.86. The van der Waals surface area contributed by atoms with E-state index in [-0.39, 0.29) is 0 Å². The first-order valence-electron chi connectivity index (χ1n) is 7.69. The molecule has 0 spiro atoms. The molecule has 112 valence electrons. The van der Waals surface area contributed by atoms with E-state index in [0.29, 0.717) is 0 Å². The van der Waals surface area contributed by atoms with Crippen LogP contribution in [0.2, 0.25) is 0 Å². The maximum absolute atomic E-state index is 6.16. The van der Waals surface area contributed by atoms with E-state index in [1.807, 2.05) is 12.1 Å². The Morgan fingerprint density at radius 3 is 2.19 bits per heavy atom. The van der Waals surface area contributed by atoms with Crippen LogP contribution in [0.1, 0.15) is 35.6 Å². The Bertz CT molecular complexity index is 594. The molecule has 2 aromatic carbocycles. The SMILES string of the molecule is CCCN(Cc1c(C)cc(C)cc1C)c1ccccc1N. The lowest BCUT2D eigenvalue weighted by atomic mass is 9.99. The van der Waals surface area contributed by atoms with Crippen molar-refractivity contribution in [3.05, 3.63) is 58.7 Å². The Balaban J connectivity index is 2.36. The topological polar surface area (TPSA) is 29.3 Å². The van der Waals surface area contributed by atoms with Crippen molar-refractivity contribution < 1.29 is 0 Å². The number of nitrogens with zero attached hydrogens (tertiary/aromatic N) is 1. The van der Waals surface area contributed by atoms with Crippen LogP contribution in [0.3, 0.4) is 0 Å². The fraction of sp³-hybridized carbons (Fsp3) is 0.368. The van der Waals surface area contributed by atoms with Gasteiger partial charge in [0.1, 0.15) is 0 Å². The molecule has 0 heterocycles. The zero-order valence-corrected chi connectivity index (χ0v) is 13.6. The molecule has 0 aliphatic rings. The predicted octanol–water partition coefficient (Wildman–Crippen LogP) is 4.61. The molecule has 0 amide bonds. The molecule has 2 aromatic rings. The van der Waals surface area contributed by atoms with Crippen LogP contribution in [0.4, 0.5) is 11.4 Å². The highest BCUT2D eigenvalue weighted by Gasteiger charge is 2.12. The smallest absolute Gasteiger partial charge is 0.0602 e. The molecule has 0 unspecified atom stereocenters. The van der Waals surface area contributed by atoms with Gasteiger partial charge in [-0.3, -0.25) is 0 Å². The maximum Gasteiger partial charge on any atom is 0.0602 e. The third kappa shape index (κ3) is 3.57. The number of nitrogen functional groups attached to an aromatic ring is 1. The first-order chi connectivity index (χ1) is 10.0. The average Bonchev–Trinajstić information content (AvgIpc) is 2.42. The zero-order chi connectivity index (χ0) is 15.4. The minimum Gasteiger partial charge on any atom is -0.397 e. The fourth-order valence-electron chi connectivity index (χ4n) is 2.98. The molecule has 0 saturated heterocycles. The van der Waals surface area contributed by atoms with Gasteiger partial charge in [0, 0.05) is 13.1 Å². The second-order valence-electron chi connectivity index (χ2n) is 5.86. The van der Waals surface area contributed by atoms with Crippen molar-refractivity contribution in [2.24, 2.45) is 0 Å². The van der Waals surface area contributed by atoms with E-state index < -0.39 is 0 Å².